The van der Waals surface area contributed by atoms with E-state index in [1.807, 2.05) is 0 Å². The number of phenols is 2. The minimum atomic E-state index is -0.218. The SMILES string of the molecule is CC(C)(C)CC(C)(C)c1cc(O)c(Cl)cc1O. The molecule has 0 saturated heterocycles. The van der Waals surface area contributed by atoms with Crippen molar-refractivity contribution in [3.63, 3.8) is 0 Å². The normalized spacial score (nSPS) is 12.8. The van der Waals surface area contributed by atoms with Crippen LogP contribution in [0.1, 0.15) is 46.6 Å². The summed E-state index contributed by atoms with van der Waals surface area (Å²) < 4.78 is 0. The molecule has 3 heteroatoms. The van der Waals surface area contributed by atoms with Gasteiger partial charge in [0.1, 0.15) is 11.5 Å². The first kappa shape index (κ1) is 14.2. The third-order valence-corrected chi connectivity index (χ3v) is 3.07. The first-order valence-corrected chi connectivity index (χ1v) is 6.13. The molecule has 0 amide bonds. The van der Waals surface area contributed by atoms with Crippen molar-refractivity contribution < 1.29 is 10.2 Å². The summed E-state index contributed by atoms with van der Waals surface area (Å²) in [6, 6.07) is 2.96. The molecule has 0 spiro atoms. The Morgan fingerprint density at radius 1 is 1.00 bits per heavy atom. The molecule has 0 aliphatic carbocycles. The maximum Gasteiger partial charge on any atom is 0.134 e. The van der Waals surface area contributed by atoms with Crippen LogP contribution in [0.3, 0.4) is 0 Å². The fraction of sp³-hybridized carbons (Fsp3) is 0.571. The van der Waals surface area contributed by atoms with E-state index in [4.69, 9.17) is 11.6 Å². The molecule has 1 aromatic rings. The third-order valence-electron chi connectivity index (χ3n) is 2.77. The summed E-state index contributed by atoms with van der Waals surface area (Å²) in [4.78, 5) is 0. The number of halogens is 1. The number of rotatable bonds is 2. The Morgan fingerprint density at radius 3 is 2.00 bits per heavy atom. The quantitative estimate of drug-likeness (QED) is 0.767. The third kappa shape index (κ3) is 3.53. The van der Waals surface area contributed by atoms with Crippen molar-refractivity contribution in [3.05, 3.63) is 22.7 Å². The molecule has 2 nitrogen and oxygen atoms in total. The number of benzene rings is 1. The van der Waals surface area contributed by atoms with Gasteiger partial charge in [-0.2, -0.15) is 0 Å². The highest BCUT2D eigenvalue weighted by Crippen LogP contribution is 2.43. The molecule has 96 valence electrons. The van der Waals surface area contributed by atoms with Crippen LogP contribution in [0.4, 0.5) is 0 Å². The van der Waals surface area contributed by atoms with E-state index in [0.29, 0.717) is 0 Å². The molecule has 0 aromatic heterocycles. The highest BCUT2D eigenvalue weighted by Gasteiger charge is 2.30. The number of aromatic hydroxyl groups is 2. The van der Waals surface area contributed by atoms with Crippen molar-refractivity contribution in [1.82, 2.24) is 0 Å². The fourth-order valence-electron chi connectivity index (χ4n) is 2.51. The van der Waals surface area contributed by atoms with E-state index in [0.717, 1.165) is 12.0 Å². The second-order valence-corrected chi connectivity index (χ2v) is 6.85. The van der Waals surface area contributed by atoms with Gasteiger partial charge in [-0.1, -0.05) is 46.2 Å². The molecule has 0 atom stereocenters. The number of hydrogen-bond acceptors (Lipinski definition) is 2. The molecular formula is C14H21ClO2. The first-order valence-electron chi connectivity index (χ1n) is 5.75. The summed E-state index contributed by atoms with van der Waals surface area (Å²) in [5.74, 6) is 0.156. The zero-order valence-electron chi connectivity index (χ0n) is 11.1. The highest BCUT2D eigenvalue weighted by atomic mass is 35.5. The van der Waals surface area contributed by atoms with Gasteiger partial charge >= 0.3 is 0 Å². The molecule has 0 radical (unpaired) electrons. The van der Waals surface area contributed by atoms with Crippen LogP contribution in [-0.2, 0) is 5.41 Å². The van der Waals surface area contributed by atoms with Crippen molar-refractivity contribution in [3.8, 4) is 11.5 Å². The Labute approximate surface area is 108 Å². The van der Waals surface area contributed by atoms with Crippen LogP contribution >= 0.6 is 11.6 Å². The molecule has 0 unspecified atom stereocenters. The summed E-state index contributed by atoms with van der Waals surface area (Å²) in [7, 11) is 0. The standard InChI is InChI=1S/C14H21ClO2/c1-13(2,3)8-14(4,5)9-6-12(17)10(15)7-11(9)16/h6-7,16-17H,8H2,1-5H3. The predicted octanol–water partition coefficient (Wildman–Crippen LogP) is 4.47. The molecular weight excluding hydrogens is 236 g/mol. The van der Waals surface area contributed by atoms with E-state index in [-0.39, 0.29) is 27.4 Å². The van der Waals surface area contributed by atoms with E-state index < -0.39 is 0 Å². The monoisotopic (exact) mass is 256 g/mol. The molecule has 0 fully saturated rings. The summed E-state index contributed by atoms with van der Waals surface area (Å²) in [5, 5.41) is 19.8. The van der Waals surface area contributed by atoms with Gasteiger partial charge in [0, 0.05) is 11.6 Å². The second-order valence-electron chi connectivity index (χ2n) is 6.44. The van der Waals surface area contributed by atoms with Crippen LogP contribution in [0.5, 0.6) is 11.5 Å². The van der Waals surface area contributed by atoms with E-state index in [2.05, 4.69) is 34.6 Å². The summed E-state index contributed by atoms with van der Waals surface area (Å²) in [6.07, 6.45) is 0.897. The van der Waals surface area contributed by atoms with Crippen LogP contribution in [0, 0.1) is 5.41 Å². The van der Waals surface area contributed by atoms with Gasteiger partial charge in [-0.15, -0.1) is 0 Å². The molecule has 0 bridgehead atoms. The lowest BCUT2D eigenvalue weighted by atomic mass is 9.72. The van der Waals surface area contributed by atoms with Crippen molar-refractivity contribution in [1.29, 1.82) is 0 Å². The molecule has 0 heterocycles. The Balaban J connectivity index is 3.19. The largest absolute Gasteiger partial charge is 0.508 e. The van der Waals surface area contributed by atoms with Gasteiger partial charge in [0.2, 0.25) is 0 Å². The Kier molecular flexibility index (Phi) is 3.68. The van der Waals surface area contributed by atoms with Gasteiger partial charge < -0.3 is 10.2 Å². The Bertz CT molecular complexity index is 417. The van der Waals surface area contributed by atoms with Crippen LogP contribution in [0.15, 0.2) is 12.1 Å². The minimum absolute atomic E-state index is 0.0152. The summed E-state index contributed by atoms with van der Waals surface area (Å²) in [6.45, 7) is 10.6. The van der Waals surface area contributed by atoms with Crippen LogP contribution in [0.25, 0.3) is 0 Å². The topological polar surface area (TPSA) is 40.5 Å². The first-order chi connectivity index (χ1) is 7.53. The number of hydrogen-bond donors (Lipinski definition) is 2. The summed E-state index contributed by atoms with van der Waals surface area (Å²) in [5.41, 5.74) is 0.657. The van der Waals surface area contributed by atoms with Crippen LogP contribution < -0.4 is 0 Å². The van der Waals surface area contributed by atoms with Crippen molar-refractivity contribution in [2.24, 2.45) is 5.41 Å². The van der Waals surface area contributed by atoms with Gasteiger partial charge in [-0.3, -0.25) is 0 Å². The molecule has 1 rings (SSSR count). The van der Waals surface area contributed by atoms with Gasteiger partial charge in [-0.05, 0) is 23.3 Å². The van der Waals surface area contributed by atoms with Gasteiger partial charge in [0.25, 0.3) is 0 Å². The van der Waals surface area contributed by atoms with Crippen LogP contribution in [0.2, 0.25) is 5.02 Å². The van der Waals surface area contributed by atoms with Gasteiger partial charge in [0.15, 0.2) is 0 Å². The lowest BCUT2D eigenvalue weighted by Gasteiger charge is -2.33. The molecule has 1 aromatic carbocycles. The fourth-order valence-corrected chi connectivity index (χ4v) is 2.67. The Hall–Kier alpha value is -0.890. The lowest BCUT2D eigenvalue weighted by Crippen LogP contribution is -2.24. The maximum atomic E-state index is 9.95. The lowest BCUT2D eigenvalue weighted by molar-refractivity contribution is 0.278. The summed E-state index contributed by atoms with van der Waals surface area (Å²) >= 11 is 5.76. The van der Waals surface area contributed by atoms with E-state index in [1.165, 1.54) is 6.07 Å². The zero-order valence-corrected chi connectivity index (χ0v) is 11.9. The average Bonchev–Trinajstić information content (AvgIpc) is 2.06. The zero-order chi connectivity index (χ0) is 13.4. The van der Waals surface area contributed by atoms with Crippen molar-refractivity contribution >= 4 is 11.6 Å². The molecule has 17 heavy (non-hydrogen) atoms. The van der Waals surface area contributed by atoms with E-state index >= 15 is 0 Å². The van der Waals surface area contributed by atoms with Crippen LogP contribution in [-0.4, -0.2) is 10.2 Å². The van der Waals surface area contributed by atoms with E-state index in [9.17, 15) is 10.2 Å². The molecule has 0 aliphatic heterocycles. The average molecular weight is 257 g/mol. The van der Waals surface area contributed by atoms with Crippen molar-refractivity contribution in [2.75, 3.05) is 0 Å². The second kappa shape index (κ2) is 4.41. The van der Waals surface area contributed by atoms with E-state index in [1.54, 1.807) is 6.07 Å². The maximum absolute atomic E-state index is 9.95. The highest BCUT2D eigenvalue weighted by molar-refractivity contribution is 6.32. The minimum Gasteiger partial charge on any atom is -0.508 e. The van der Waals surface area contributed by atoms with Gasteiger partial charge in [0.05, 0.1) is 5.02 Å². The van der Waals surface area contributed by atoms with Gasteiger partial charge in [-0.25, -0.2) is 0 Å². The predicted molar refractivity (Wildman–Crippen MR) is 71.9 cm³/mol. The molecule has 2 N–H and O–H groups in total. The molecule has 0 saturated carbocycles. The van der Waals surface area contributed by atoms with Crippen molar-refractivity contribution in [2.45, 2.75) is 46.5 Å². The smallest absolute Gasteiger partial charge is 0.134 e. The number of phenolic OH excluding ortho intramolecular Hbond substituents is 2. The molecule has 0 aliphatic rings. The Morgan fingerprint density at radius 2 is 1.53 bits per heavy atom.